The Kier molecular flexibility index (Phi) is 9.28. The fourth-order valence-electron chi connectivity index (χ4n) is 1.93. The smallest absolute Gasteiger partial charge is 0.319 e. The van der Waals surface area contributed by atoms with Gasteiger partial charge in [0.05, 0.1) is 17.3 Å². The first kappa shape index (κ1) is 21.8. The molecular formula is C18H25ClFNO3S. The van der Waals surface area contributed by atoms with Gasteiger partial charge in [-0.15, -0.1) is 11.8 Å². The van der Waals surface area contributed by atoms with Crippen LogP contribution >= 0.6 is 23.4 Å². The standard InChI is InChI=1S/C18H25ClFNO3S/c1-5-7-15(18(23)24-8-6-2)25-16-10-14(13(20)9-12(16)19)21-17(22)11(3)4/h9-11,15H,5-8H2,1-4H3,(H,21,22). The van der Waals surface area contributed by atoms with Crippen molar-refractivity contribution in [2.45, 2.75) is 57.1 Å². The minimum atomic E-state index is -0.607. The molecule has 1 atom stereocenters. The van der Waals surface area contributed by atoms with E-state index in [-0.39, 0.29) is 28.5 Å². The van der Waals surface area contributed by atoms with E-state index in [1.807, 2.05) is 13.8 Å². The van der Waals surface area contributed by atoms with Gasteiger partial charge in [-0.2, -0.15) is 0 Å². The molecule has 0 aliphatic heterocycles. The molecule has 25 heavy (non-hydrogen) atoms. The molecule has 0 radical (unpaired) electrons. The van der Waals surface area contributed by atoms with Crippen molar-refractivity contribution in [2.24, 2.45) is 5.92 Å². The van der Waals surface area contributed by atoms with Crippen molar-refractivity contribution in [3.63, 3.8) is 0 Å². The van der Waals surface area contributed by atoms with Gasteiger partial charge in [-0.1, -0.05) is 45.7 Å². The summed E-state index contributed by atoms with van der Waals surface area (Å²) in [5.74, 6) is -1.47. The predicted molar refractivity (Wildman–Crippen MR) is 101 cm³/mol. The minimum Gasteiger partial charge on any atom is -0.465 e. The first-order valence-corrected chi connectivity index (χ1v) is 9.69. The van der Waals surface area contributed by atoms with Gasteiger partial charge in [-0.3, -0.25) is 9.59 Å². The van der Waals surface area contributed by atoms with Gasteiger partial charge < -0.3 is 10.1 Å². The zero-order valence-corrected chi connectivity index (χ0v) is 16.6. The Hall–Kier alpha value is -1.27. The van der Waals surface area contributed by atoms with Gasteiger partial charge in [0.2, 0.25) is 5.91 Å². The highest BCUT2D eigenvalue weighted by atomic mass is 35.5. The average Bonchev–Trinajstić information content (AvgIpc) is 2.55. The molecule has 0 aliphatic carbocycles. The van der Waals surface area contributed by atoms with Crippen LogP contribution in [0.4, 0.5) is 10.1 Å². The van der Waals surface area contributed by atoms with Gasteiger partial charge in [0, 0.05) is 10.8 Å². The third kappa shape index (κ3) is 6.86. The minimum absolute atomic E-state index is 0.0581. The summed E-state index contributed by atoms with van der Waals surface area (Å²) in [6.45, 7) is 7.71. The van der Waals surface area contributed by atoms with Crippen LogP contribution in [0.2, 0.25) is 5.02 Å². The molecule has 140 valence electrons. The summed E-state index contributed by atoms with van der Waals surface area (Å²) in [4.78, 5) is 24.6. The molecule has 1 N–H and O–H groups in total. The van der Waals surface area contributed by atoms with E-state index >= 15 is 0 Å². The number of amides is 1. The topological polar surface area (TPSA) is 55.4 Å². The Morgan fingerprint density at radius 1 is 1.28 bits per heavy atom. The summed E-state index contributed by atoms with van der Waals surface area (Å²) in [5, 5.41) is 2.32. The Morgan fingerprint density at radius 2 is 1.96 bits per heavy atom. The van der Waals surface area contributed by atoms with Crippen LogP contribution in [-0.4, -0.2) is 23.7 Å². The number of carbonyl (C=O) groups is 2. The van der Waals surface area contributed by atoms with Gasteiger partial charge in [0.25, 0.3) is 0 Å². The highest BCUT2D eigenvalue weighted by Crippen LogP contribution is 2.36. The summed E-state index contributed by atoms with van der Waals surface area (Å²) in [6.07, 6.45) is 2.17. The molecule has 1 rings (SSSR count). The number of rotatable bonds is 9. The number of nitrogens with one attached hydrogen (secondary N) is 1. The second kappa shape index (κ2) is 10.7. The molecule has 0 fully saturated rings. The molecule has 1 aromatic rings. The summed E-state index contributed by atoms with van der Waals surface area (Å²) in [5.41, 5.74) is 0.0581. The molecule has 0 heterocycles. The van der Waals surface area contributed by atoms with Crippen LogP contribution in [0, 0.1) is 11.7 Å². The maximum absolute atomic E-state index is 14.1. The van der Waals surface area contributed by atoms with Crippen molar-refractivity contribution in [1.29, 1.82) is 0 Å². The van der Waals surface area contributed by atoms with Gasteiger partial charge in [-0.25, -0.2) is 4.39 Å². The summed E-state index contributed by atoms with van der Waals surface area (Å²) in [7, 11) is 0. The molecule has 0 aliphatic rings. The van der Waals surface area contributed by atoms with Gasteiger partial charge in [-0.05, 0) is 25.0 Å². The van der Waals surface area contributed by atoms with Crippen molar-refractivity contribution < 1.29 is 18.7 Å². The lowest BCUT2D eigenvalue weighted by molar-refractivity contribution is -0.143. The Balaban J connectivity index is 3.01. The molecule has 7 heteroatoms. The number of carbonyl (C=O) groups excluding carboxylic acids is 2. The van der Waals surface area contributed by atoms with E-state index in [2.05, 4.69) is 5.32 Å². The quantitative estimate of drug-likeness (QED) is 0.460. The number of ether oxygens (including phenoxy) is 1. The Labute approximate surface area is 157 Å². The van der Waals surface area contributed by atoms with Crippen LogP contribution in [0.15, 0.2) is 17.0 Å². The monoisotopic (exact) mass is 389 g/mol. The molecule has 1 amide bonds. The second-order valence-electron chi connectivity index (χ2n) is 5.97. The average molecular weight is 390 g/mol. The fraction of sp³-hybridized carbons (Fsp3) is 0.556. The van der Waals surface area contributed by atoms with E-state index in [0.29, 0.717) is 17.9 Å². The summed E-state index contributed by atoms with van der Waals surface area (Å²) >= 11 is 7.36. The van der Waals surface area contributed by atoms with Crippen LogP contribution in [0.1, 0.15) is 47.0 Å². The second-order valence-corrected chi connectivity index (χ2v) is 7.62. The molecule has 0 saturated carbocycles. The van der Waals surface area contributed by atoms with E-state index < -0.39 is 11.1 Å². The van der Waals surface area contributed by atoms with Gasteiger partial charge in [0.15, 0.2) is 0 Å². The summed E-state index contributed by atoms with van der Waals surface area (Å²) < 4.78 is 19.3. The van der Waals surface area contributed by atoms with E-state index in [9.17, 15) is 14.0 Å². The predicted octanol–water partition coefficient (Wildman–Crippen LogP) is 5.29. The highest BCUT2D eigenvalue weighted by molar-refractivity contribution is 8.00. The number of esters is 1. The highest BCUT2D eigenvalue weighted by Gasteiger charge is 2.23. The first-order chi connectivity index (χ1) is 11.8. The molecule has 1 unspecified atom stereocenters. The van der Waals surface area contributed by atoms with Gasteiger partial charge in [0.1, 0.15) is 11.1 Å². The molecule has 4 nitrogen and oxygen atoms in total. The van der Waals surface area contributed by atoms with Crippen LogP contribution < -0.4 is 5.32 Å². The van der Waals surface area contributed by atoms with Crippen LogP contribution in [0.25, 0.3) is 0 Å². The lowest BCUT2D eigenvalue weighted by atomic mass is 10.2. The number of hydrogen-bond acceptors (Lipinski definition) is 4. The Bertz CT molecular complexity index is 610. The van der Waals surface area contributed by atoms with Crippen molar-refractivity contribution in [3.8, 4) is 0 Å². The maximum Gasteiger partial charge on any atom is 0.319 e. The Morgan fingerprint density at radius 3 is 2.52 bits per heavy atom. The number of hydrogen-bond donors (Lipinski definition) is 1. The van der Waals surface area contributed by atoms with Crippen molar-refractivity contribution in [2.75, 3.05) is 11.9 Å². The third-order valence-corrected chi connectivity index (χ3v) is 5.06. The van der Waals surface area contributed by atoms with Crippen LogP contribution in [0.3, 0.4) is 0 Å². The molecule has 0 saturated heterocycles. The van der Waals surface area contributed by atoms with E-state index in [0.717, 1.165) is 18.9 Å². The van der Waals surface area contributed by atoms with Crippen molar-refractivity contribution in [3.05, 3.63) is 23.0 Å². The maximum atomic E-state index is 14.1. The molecule has 0 spiro atoms. The van der Waals surface area contributed by atoms with E-state index in [4.69, 9.17) is 16.3 Å². The number of halogens is 2. The molecular weight excluding hydrogens is 365 g/mol. The van der Waals surface area contributed by atoms with Crippen molar-refractivity contribution in [1.82, 2.24) is 0 Å². The zero-order valence-electron chi connectivity index (χ0n) is 15.0. The third-order valence-electron chi connectivity index (χ3n) is 3.34. The zero-order chi connectivity index (χ0) is 19.0. The molecule has 0 bridgehead atoms. The molecule has 1 aromatic carbocycles. The SMILES string of the molecule is CCCOC(=O)C(CCC)Sc1cc(NC(=O)C(C)C)c(F)cc1Cl. The lowest BCUT2D eigenvalue weighted by Gasteiger charge is -2.17. The largest absolute Gasteiger partial charge is 0.465 e. The van der Waals surface area contributed by atoms with Gasteiger partial charge >= 0.3 is 5.97 Å². The van der Waals surface area contributed by atoms with Crippen molar-refractivity contribution >= 4 is 40.9 Å². The summed E-state index contributed by atoms with van der Waals surface area (Å²) in [6, 6.07) is 2.62. The normalized spacial score (nSPS) is 12.1. The number of benzene rings is 1. The van der Waals surface area contributed by atoms with Crippen LogP contribution in [0.5, 0.6) is 0 Å². The first-order valence-electron chi connectivity index (χ1n) is 8.43. The van der Waals surface area contributed by atoms with E-state index in [1.165, 1.54) is 17.8 Å². The van der Waals surface area contributed by atoms with E-state index in [1.54, 1.807) is 13.8 Å². The lowest BCUT2D eigenvalue weighted by Crippen LogP contribution is -2.21. The fourth-order valence-corrected chi connectivity index (χ4v) is 3.39. The van der Waals surface area contributed by atoms with Crippen LogP contribution in [-0.2, 0) is 14.3 Å². The number of anilines is 1. The number of thioether (sulfide) groups is 1. The molecule has 0 aromatic heterocycles.